The first kappa shape index (κ1) is 28.4. The van der Waals surface area contributed by atoms with Crippen LogP contribution in [-0.4, -0.2) is 63.5 Å². The minimum Gasteiger partial charge on any atom is -0.365 e. The van der Waals surface area contributed by atoms with E-state index in [1.807, 2.05) is 13.2 Å². The summed E-state index contributed by atoms with van der Waals surface area (Å²) < 4.78 is 51.5. The van der Waals surface area contributed by atoms with Crippen molar-refractivity contribution in [2.75, 3.05) is 24.1 Å². The predicted molar refractivity (Wildman–Crippen MR) is 140 cm³/mol. The van der Waals surface area contributed by atoms with Gasteiger partial charge in [-0.2, -0.15) is 13.2 Å². The number of benzene rings is 1. The maximum atomic E-state index is 12.9. The number of nitrogens with zero attached hydrogens (tertiary/aromatic N) is 3. The number of hydrogen-bond acceptors (Lipinski definition) is 7. The van der Waals surface area contributed by atoms with Crippen molar-refractivity contribution in [2.45, 2.75) is 44.4 Å². The first-order chi connectivity index (χ1) is 18.7. The maximum Gasteiger partial charge on any atom is 0.471 e. The van der Waals surface area contributed by atoms with Gasteiger partial charge in [0.05, 0.1) is 35.6 Å². The molecule has 0 radical (unpaired) electrons. The lowest BCUT2D eigenvalue weighted by molar-refractivity contribution is -0.173. The zero-order valence-electron chi connectivity index (χ0n) is 21.1. The van der Waals surface area contributed by atoms with Gasteiger partial charge in [-0.3, -0.25) is 9.59 Å². The molecule has 1 fully saturated rings. The largest absolute Gasteiger partial charge is 0.471 e. The summed E-state index contributed by atoms with van der Waals surface area (Å²) in [5.41, 5.74) is 1.17. The quantitative estimate of drug-likeness (QED) is 0.315. The lowest BCUT2D eigenvalue weighted by Gasteiger charge is -2.16. The number of anilines is 1. The zero-order valence-corrected chi connectivity index (χ0v) is 21.9. The van der Waals surface area contributed by atoms with Gasteiger partial charge in [-0.25, -0.2) is 9.97 Å². The summed E-state index contributed by atoms with van der Waals surface area (Å²) >= 11 is 1.56. The Labute approximate surface area is 226 Å². The second kappa shape index (κ2) is 12.5. The molecule has 0 unspecified atom stereocenters. The molecule has 0 saturated carbocycles. The lowest BCUT2D eigenvalue weighted by atomic mass is 10.1. The number of ether oxygens (including phenoxy) is 2. The molecule has 1 aliphatic heterocycles. The van der Waals surface area contributed by atoms with E-state index in [9.17, 15) is 22.8 Å². The van der Waals surface area contributed by atoms with E-state index in [1.165, 1.54) is 6.33 Å². The molecule has 2 N–H and O–H groups in total. The van der Waals surface area contributed by atoms with E-state index in [0.717, 1.165) is 6.42 Å². The number of aromatic nitrogens is 3. The van der Waals surface area contributed by atoms with Crippen LogP contribution in [0.1, 0.15) is 41.9 Å². The standard InChI is InChI=1S/C26H26F3N5O4S/c1-3-18-19(37-15-39-2)12-20(38-18)34-13-17(10-7-11-30-25(36)26(27,28)29)21-22(31-14-32-23(21)34)33-24(35)16-8-5-4-6-9-16/h4-6,8-9,13-14,18-20H,3,11-12,15H2,1-2H3,(H,30,36)(H,31,32,33,35)/t18-,19-,20-/m1/s1. The number of halogens is 3. The van der Waals surface area contributed by atoms with Gasteiger partial charge in [0.1, 0.15) is 24.0 Å². The van der Waals surface area contributed by atoms with Crippen LogP contribution in [0.4, 0.5) is 19.0 Å². The van der Waals surface area contributed by atoms with Crippen LogP contribution >= 0.6 is 11.8 Å². The van der Waals surface area contributed by atoms with E-state index >= 15 is 0 Å². The molecular formula is C26H26F3N5O4S. The molecule has 1 aromatic carbocycles. The molecule has 1 saturated heterocycles. The normalized spacial score (nSPS) is 18.9. The van der Waals surface area contributed by atoms with Crippen LogP contribution < -0.4 is 10.6 Å². The Bertz CT molecular complexity index is 1390. The van der Waals surface area contributed by atoms with Gasteiger partial charge in [-0.1, -0.05) is 37.0 Å². The Morgan fingerprint density at radius 2 is 2.03 bits per heavy atom. The van der Waals surface area contributed by atoms with Crippen molar-refractivity contribution in [3.8, 4) is 11.8 Å². The molecular weight excluding hydrogens is 535 g/mol. The first-order valence-corrected chi connectivity index (χ1v) is 13.4. The highest BCUT2D eigenvalue weighted by Crippen LogP contribution is 2.37. The fourth-order valence-corrected chi connectivity index (χ4v) is 4.50. The molecule has 3 aromatic rings. The number of rotatable bonds is 8. The van der Waals surface area contributed by atoms with Gasteiger partial charge in [-0.15, -0.1) is 11.8 Å². The van der Waals surface area contributed by atoms with Crippen molar-refractivity contribution < 1.29 is 32.2 Å². The van der Waals surface area contributed by atoms with Crippen molar-refractivity contribution in [3.63, 3.8) is 0 Å². The Morgan fingerprint density at radius 3 is 2.72 bits per heavy atom. The van der Waals surface area contributed by atoms with Crippen molar-refractivity contribution in [1.29, 1.82) is 0 Å². The summed E-state index contributed by atoms with van der Waals surface area (Å²) in [6, 6.07) is 8.53. The molecule has 3 heterocycles. The minimum absolute atomic E-state index is 0.142. The van der Waals surface area contributed by atoms with Crippen LogP contribution in [0.15, 0.2) is 42.9 Å². The summed E-state index contributed by atoms with van der Waals surface area (Å²) in [7, 11) is 0. The van der Waals surface area contributed by atoms with Gasteiger partial charge in [0.2, 0.25) is 0 Å². The van der Waals surface area contributed by atoms with Gasteiger partial charge < -0.3 is 24.7 Å². The van der Waals surface area contributed by atoms with E-state index < -0.39 is 30.8 Å². The van der Waals surface area contributed by atoms with Crippen LogP contribution in [0.2, 0.25) is 0 Å². The molecule has 3 atom stereocenters. The third kappa shape index (κ3) is 6.70. The molecule has 2 aromatic heterocycles. The number of fused-ring (bicyclic) bond motifs is 1. The SMILES string of the molecule is CC[C@H]1O[C@@H](n2cc(C#CCNC(=O)C(F)(F)F)c3c(NC(=O)c4ccccc4)ncnc32)C[C@H]1OCSC. The average Bonchev–Trinajstić information content (AvgIpc) is 3.51. The smallest absolute Gasteiger partial charge is 0.365 e. The highest BCUT2D eigenvalue weighted by atomic mass is 32.2. The van der Waals surface area contributed by atoms with Crippen LogP contribution in [0.5, 0.6) is 0 Å². The minimum atomic E-state index is -5.01. The van der Waals surface area contributed by atoms with Crippen LogP contribution in [0.3, 0.4) is 0 Å². The van der Waals surface area contributed by atoms with E-state index in [-0.39, 0.29) is 18.0 Å². The molecule has 13 heteroatoms. The summed E-state index contributed by atoms with van der Waals surface area (Å²) in [5, 5.41) is 4.88. The molecule has 1 aliphatic rings. The molecule has 4 rings (SSSR count). The monoisotopic (exact) mass is 561 g/mol. The van der Waals surface area contributed by atoms with Crippen LogP contribution in [0, 0.1) is 11.8 Å². The number of hydrogen-bond donors (Lipinski definition) is 2. The van der Waals surface area contributed by atoms with Crippen molar-refractivity contribution >= 4 is 40.4 Å². The van der Waals surface area contributed by atoms with Crippen molar-refractivity contribution in [2.24, 2.45) is 0 Å². The third-order valence-electron chi connectivity index (χ3n) is 5.99. The van der Waals surface area contributed by atoms with E-state index in [2.05, 4.69) is 27.1 Å². The summed E-state index contributed by atoms with van der Waals surface area (Å²) in [6.45, 7) is 1.47. The predicted octanol–water partition coefficient (Wildman–Crippen LogP) is 4.12. The van der Waals surface area contributed by atoms with E-state index in [0.29, 0.717) is 34.5 Å². The van der Waals surface area contributed by atoms with E-state index in [1.54, 1.807) is 58.2 Å². The van der Waals surface area contributed by atoms with Crippen LogP contribution in [0.25, 0.3) is 11.0 Å². The molecule has 206 valence electrons. The number of carbonyl (C=O) groups is 2. The van der Waals surface area contributed by atoms with E-state index in [4.69, 9.17) is 9.47 Å². The van der Waals surface area contributed by atoms with Crippen LogP contribution in [-0.2, 0) is 14.3 Å². The second-order valence-corrected chi connectivity index (χ2v) is 9.37. The summed E-state index contributed by atoms with van der Waals surface area (Å²) in [5.74, 6) is 3.53. The molecule has 9 nitrogen and oxygen atoms in total. The van der Waals surface area contributed by atoms with Gasteiger partial charge in [-0.05, 0) is 24.8 Å². The molecule has 0 spiro atoms. The average molecular weight is 562 g/mol. The second-order valence-electron chi connectivity index (χ2n) is 8.56. The summed E-state index contributed by atoms with van der Waals surface area (Å²) in [6.07, 6.45) is 0.404. The van der Waals surface area contributed by atoms with Gasteiger partial charge in [0.15, 0.2) is 0 Å². The number of carbonyl (C=O) groups excluding carboxylic acids is 2. The molecule has 39 heavy (non-hydrogen) atoms. The summed E-state index contributed by atoms with van der Waals surface area (Å²) in [4.78, 5) is 32.7. The highest BCUT2D eigenvalue weighted by Gasteiger charge is 2.38. The Kier molecular flexibility index (Phi) is 9.11. The first-order valence-electron chi connectivity index (χ1n) is 12.0. The van der Waals surface area contributed by atoms with Crippen molar-refractivity contribution in [3.05, 3.63) is 54.0 Å². The fraction of sp³-hybridized carbons (Fsp3) is 0.385. The Morgan fingerprint density at radius 1 is 1.26 bits per heavy atom. The Hall–Kier alpha value is -3.60. The number of thioether (sulfide) groups is 1. The van der Waals surface area contributed by atoms with Gasteiger partial charge >= 0.3 is 12.1 Å². The van der Waals surface area contributed by atoms with Crippen molar-refractivity contribution in [1.82, 2.24) is 19.9 Å². The highest BCUT2D eigenvalue weighted by molar-refractivity contribution is 7.98. The maximum absolute atomic E-state index is 12.9. The van der Waals surface area contributed by atoms with Gasteiger partial charge in [0.25, 0.3) is 5.91 Å². The molecule has 0 aliphatic carbocycles. The molecule has 2 amide bonds. The molecule has 0 bridgehead atoms. The fourth-order valence-electron chi connectivity index (χ4n) is 4.19. The number of amides is 2. The van der Waals surface area contributed by atoms with Gasteiger partial charge in [0, 0.05) is 18.2 Å². The lowest BCUT2D eigenvalue weighted by Crippen LogP contribution is -2.36. The Balaban J connectivity index is 1.70. The number of nitrogens with one attached hydrogen (secondary N) is 2. The number of alkyl halides is 3. The topological polar surface area (TPSA) is 107 Å². The zero-order chi connectivity index (χ0) is 28.0. The third-order valence-corrected chi connectivity index (χ3v) is 6.36.